The molecule has 0 heterocycles. The van der Waals surface area contributed by atoms with E-state index in [-0.39, 0.29) is 16.9 Å². The van der Waals surface area contributed by atoms with E-state index in [2.05, 4.69) is 5.32 Å². The van der Waals surface area contributed by atoms with E-state index in [9.17, 15) is 49.0 Å². The Bertz CT molecular complexity index is 1290. The number of hydrogen-bond acceptors (Lipinski definition) is 3. The maximum absolute atomic E-state index is 14.4. The average molecular weight is 583 g/mol. The van der Waals surface area contributed by atoms with Crippen molar-refractivity contribution in [1.29, 1.82) is 0 Å². The van der Waals surface area contributed by atoms with Gasteiger partial charge in [0.25, 0.3) is 0 Å². The molecule has 13 heteroatoms. The number of halogens is 10. The molecule has 2 atom stereocenters. The highest BCUT2D eigenvalue weighted by Crippen LogP contribution is 2.52. The van der Waals surface area contributed by atoms with Gasteiger partial charge < -0.3 is 15.2 Å². The highest BCUT2D eigenvalue weighted by atomic mass is 19.4. The van der Waals surface area contributed by atoms with Gasteiger partial charge in [-0.3, -0.25) is 0 Å². The molecule has 0 bridgehead atoms. The van der Waals surface area contributed by atoms with E-state index in [1.807, 2.05) is 13.0 Å². The van der Waals surface area contributed by atoms with Crippen molar-refractivity contribution in [2.75, 3.05) is 6.54 Å². The average Bonchev–Trinajstić information content (AvgIpc) is 2.88. The number of ether oxygens (including phenoxy) is 1. The minimum Gasteiger partial charge on any atom is -0.457 e. The molecule has 3 aromatic rings. The number of benzene rings is 3. The Morgan fingerprint density at radius 2 is 1.30 bits per heavy atom. The zero-order valence-corrected chi connectivity index (χ0v) is 20.6. The zero-order valence-electron chi connectivity index (χ0n) is 20.6. The summed E-state index contributed by atoms with van der Waals surface area (Å²) in [5.74, 6) is -11.6. The van der Waals surface area contributed by atoms with E-state index in [1.165, 1.54) is 24.3 Å². The van der Waals surface area contributed by atoms with Gasteiger partial charge in [0, 0.05) is 12.1 Å². The number of hydrogen-bond donors (Lipinski definition) is 2. The molecule has 0 radical (unpaired) electrons. The summed E-state index contributed by atoms with van der Waals surface area (Å²) in [7, 11) is 0. The summed E-state index contributed by atoms with van der Waals surface area (Å²) in [6.07, 6.45) is -13.8. The van der Waals surface area contributed by atoms with Crippen LogP contribution in [0.4, 0.5) is 43.9 Å². The van der Waals surface area contributed by atoms with E-state index in [0.29, 0.717) is 24.3 Å². The molecular formula is C27H23F10NO2. The van der Waals surface area contributed by atoms with Gasteiger partial charge in [0.15, 0.2) is 6.10 Å². The SMILES string of the molecule is CCc1cccc(Oc2cccc(C(NCC(O)C(F)(F)F)c3cccc(C(F)(F)C(F)(F)C(F)(F)F)c3)c2)c1. The van der Waals surface area contributed by atoms with E-state index in [1.54, 1.807) is 18.2 Å². The fourth-order valence-electron chi connectivity index (χ4n) is 3.77. The number of alkyl halides is 10. The lowest BCUT2D eigenvalue weighted by molar-refractivity contribution is -0.359. The van der Waals surface area contributed by atoms with Gasteiger partial charge >= 0.3 is 24.2 Å². The molecule has 0 saturated carbocycles. The van der Waals surface area contributed by atoms with Crippen LogP contribution in [-0.4, -0.2) is 36.0 Å². The Kier molecular flexibility index (Phi) is 9.09. The Hall–Kier alpha value is -3.32. The van der Waals surface area contributed by atoms with E-state index in [0.717, 1.165) is 17.7 Å². The molecule has 40 heavy (non-hydrogen) atoms. The van der Waals surface area contributed by atoms with Crippen molar-refractivity contribution in [3.05, 3.63) is 95.1 Å². The molecule has 3 aromatic carbocycles. The first kappa shape index (κ1) is 31.2. The number of rotatable bonds is 10. The van der Waals surface area contributed by atoms with Crippen LogP contribution in [0.15, 0.2) is 72.8 Å². The van der Waals surface area contributed by atoms with Crippen LogP contribution in [0.5, 0.6) is 11.5 Å². The number of aliphatic hydroxyl groups excluding tert-OH is 1. The van der Waals surface area contributed by atoms with E-state index >= 15 is 0 Å². The predicted octanol–water partition coefficient (Wildman–Crippen LogP) is 7.93. The van der Waals surface area contributed by atoms with E-state index in [4.69, 9.17) is 4.74 Å². The molecule has 2 N–H and O–H groups in total. The molecule has 0 saturated heterocycles. The quantitative estimate of drug-likeness (QED) is 0.238. The second-order valence-corrected chi connectivity index (χ2v) is 8.85. The largest absolute Gasteiger partial charge is 0.460 e. The maximum Gasteiger partial charge on any atom is 0.460 e. The van der Waals surface area contributed by atoms with Crippen molar-refractivity contribution in [1.82, 2.24) is 5.32 Å². The second-order valence-electron chi connectivity index (χ2n) is 8.85. The Balaban J connectivity index is 2.04. The van der Waals surface area contributed by atoms with Gasteiger partial charge in [0.1, 0.15) is 11.5 Å². The summed E-state index contributed by atoms with van der Waals surface area (Å²) < 4.78 is 139. The smallest absolute Gasteiger partial charge is 0.457 e. The van der Waals surface area contributed by atoms with Crippen LogP contribution in [0.3, 0.4) is 0 Å². The molecular weight excluding hydrogens is 560 g/mol. The van der Waals surface area contributed by atoms with Gasteiger partial charge in [-0.25, -0.2) is 0 Å². The normalized spacial score (nSPS) is 14.6. The van der Waals surface area contributed by atoms with Crippen LogP contribution < -0.4 is 10.1 Å². The summed E-state index contributed by atoms with van der Waals surface area (Å²) in [5, 5.41) is 11.8. The lowest BCUT2D eigenvalue weighted by Crippen LogP contribution is -2.50. The highest BCUT2D eigenvalue weighted by molar-refractivity contribution is 5.41. The topological polar surface area (TPSA) is 41.5 Å². The molecule has 0 aliphatic carbocycles. The van der Waals surface area contributed by atoms with Gasteiger partial charge in [-0.1, -0.05) is 49.4 Å². The molecule has 3 nitrogen and oxygen atoms in total. The Labute approximate surface area is 222 Å². The highest BCUT2D eigenvalue weighted by Gasteiger charge is 2.73. The van der Waals surface area contributed by atoms with Gasteiger partial charge in [-0.2, -0.15) is 43.9 Å². The zero-order chi connectivity index (χ0) is 29.9. The molecule has 0 fully saturated rings. The van der Waals surface area contributed by atoms with Crippen LogP contribution in [0.1, 0.15) is 35.2 Å². The minimum atomic E-state index is -6.58. The van der Waals surface area contributed by atoms with Crippen LogP contribution in [0, 0.1) is 0 Å². The summed E-state index contributed by atoms with van der Waals surface area (Å²) in [6, 6.07) is 13.6. The Morgan fingerprint density at radius 1 is 0.750 bits per heavy atom. The number of aryl methyl sites for hydroxylation is 1. The van der Waals surface area contributed by atoms with Crippen molar-refractivity contribution < 1.29 is 53.7 Å². The van der Waals surface area contributed by atoms with Gasteiger partial charge in [-0.15, -0.1) is 0 Å². The van der Waals surface area contributed by atoms with Gasteiger partial charge in [0.2, 0.25) is 0 Å². The predicted molar refractivity (Wildman–Crippen MR) is 126 cm³/mol. The monoisotopic (exact) mass is 583 g/mol. The van der Waals surface area contributed by atoms with Crippen molar-refractivity contribution in [2.24, 2.45) is 0 Å². The van der Waals surface area contributed by atoms with E-state index < -0.39 is 48.5 Å². The Morgan fingerprint density at radius 3 is 1.88 bits per heavy atom. The van der Waals surface area contributed by atoms with Crippen LogP contribution in [-0.2, 0) is 12.3 Å². The fourth-order valence-corrected chi connectivity index (χ4v) is 3.77. The van der Waals surface area contributed by atoms with Crippen LogP contribution in [0.25, 0.3) is 0 Å². The first-order chi connectivity index (χ1) is 18.5. The first-order valence-electron chi connectivity index (χ1n) is 11.7. The maximum atomic E-state index is 14.4. The van der Waals surface area contributed by atoms with Crippen LogP contribution in [0.2, 0.25) is 0 Å². The van der Waals surface area contributed by atoms with Crippen LogP contribution >= 0.6 is 0 Å². The molecule has 2 unspecified atom stereocenters. The van der Waals surface area contributed by atoms with Crippen molar-refractivity contribution in [2.45, 2.75) is 49.7 Å². The lowest BCUT2D eigenvalue weighted by Gasteiger charge is -2.29. The third-order valence-corrected chi connectivity index (χ3v) is 5.96. The van der Waals surface area contributed by atoms with Crippen molar-refractivity contribution in [3.8, 4) is 11.5 Å². The summed E-state index contributed by atoms with van der Waals surface area (Å²) >= 11 is 0. The molecule has 0 aliphatic heterocycles. The third-order valence-electron chi connectivity index (χ3n) is 5.96. The standard InChI is InChI=1S/C27H23F10NO2/c1-2-16-6-3-10-20(12-16)40-21-11-5-8-18(14-21)23(38-15-22(39)25(30,31)32)17-7-4-9-19(13-17)24(28,29)26(33,34)27(35,36)37/h3-14,22-23,38-39H,2,15H2,1H3. The lowest BCUT2D eigenvalue weighted by atomic mass is 9.93. The van der Waals surface area contributed by atoms with Crippen molar-refractivity contribution >= 4 is 0 Å². The van der Waals surface area contributed by atoms with Gasteiger partial charge in [-0.05, 0) is 53.4 Å². The molecule has 3 rings (SSSR count). The molecule has 0 aliphatic rings. The fraction of sp³-hybridized carbons (Fsp3) is 0.333. The summed E-state index contributed by atoms with van der Waals surface area (Å²) in [4.78, 5) is 0. The molecule has 0 spiro atoms. The summed E-state index contributed by atoms with van der Waals surface area (Å²) in [5.41, 5.74) is -1.06. The minimum absolute atomic E-state index is 0.0848. The molecule has 218 valence electrons. The summed E-state index contributed by atoms with van der Waals surface area (Å²) in [6.45, 7) is 0.755. The molecule has 0 amide bonds. The first-order valence-corrected chi connectivity index (χ1v) is 11.7. The number of nitrogens with one attached hydrogen (secondary N) is 1. The number of aliphatic hydroxyl groups is 1. The molecule has 0 aromatic heterocycles. The van der Waals surface area contributed by atoms with Crippen molar-refractivity contribution in [3.63, 3.8) is 0 Å². The second kappa shape index (κ2) is 11.7. The van der Waals surface area contributed by atoms with Gasteiger partial charge in [0.05, 0.1) is 6.04 Å². The third kappa shape index (κ3) is 6.87.